The zero-order chi connectivity index (χ0) is 5.28. The second-order valence-corrected chi connectivity index (χ2v) is 1.96. The van der Waals surface area contributed by atoms with Gasteiger partial charge < -0.3 is 4.74 Å². The number of rotatable bonds is 0. The van der Waals surface area contributed by atoms with Crippen LogP contribution in [0.5, 0.6) is 0 Å². The number of hydrogen-bond donors (Lipinski definition) is 0. The Hall–Kier alpha value is -0.380. The van der Waals surface area contributed by atoms with Crippen LogP contribution in [0.15, 0.2) is 4.99 Å². The van der Waals surface area contributed by atoms with Gasteiger partial charge in [0.1, 0.15) is 11.2 Å². The smallest absolute Gasteiger partial charge is 0.434 e. The summed E-state index contributed by atoms with van der Waals surface area (Å²) in [6.07, 6.45) is -0.508. The summed E-state index contributed by atoms with van der Waals surface area (Å²) in [5, 5.41) is 0. The van der Waals surface area contributed by atoms with Gasteiger partial charge in [-0.05, 0) is 15.9 Å². The second-order valence-electron chi connectivity index (χ2n) is 1.04. The number of hydrogen-bond acceptors (Lipinski definition) is 2. The Morgan fingerprint density at radius 1 is 1.86 bits per heavy atom. The number of carbonyl (C=O) groups is 1. The summed E-state index contributed by atoms with van der Waals surface area (Å²) in [6.45, 7) is 0.291. The molecule has 0 bridgehead atoms. The van der Waals surface area contributed by atoms with Gasteiger partial charge >= 0.3 is 6.09 Å². The van der Waals surface area contributed by atoms with E-state index in [0.717, 1.165) is 0 Å². The largest absolute Gasteiger partial charge is 0.441 e. The average Bonchev–Trinajstić information content (AvgIpc) is 1.87. The van der Waals surface area contributed by atoms with E-state index in [1.807, 2.05) is 0 Å². The molecule has 0 aromatic carbocycles. The molecule has 4 heteroatoms. The molecule has 0 aliphatic carbocycles. The van der Waals surface area contributed by atoms with Gasteiger partial charge in [0.05, 0.1) is 0 Å². The third-order valence-electron chi connectivity index (χ3n) is 0.527. The predicted octanol–water partition coefficient (Wildman–Crippen LogP) is 0.930. The van der Waals surface area contributed by atoms with E-state index in [1.54, 1.807) is 0 Å². The van der Waals surface area contributed by atoms with Crippen molar-refractivity contribution in [3.8, 4) is 0 Å². The molecule has 1 rings (SSSR count). The van der Waals surface area contributed by atoms with Crippen molar-refractivity contribution in [1.29, 1.82) is 0 Å². The van der Waals surface area contributed by atoms with Crippen molar-refractivity contribution in [2.45, 2.75) is 0 Å². The molecule has 1 heterocycles. The molecule has 0 aromatic rings. The van der Waals surface area contributed by atoms with Crippen LogP contribution in [-0.2, 0) is 4.74 Å². The van der Waals surface area contributed by atoms with E-state index in [4.69, 9.17) is 0 Å². The molecule has 0 aromatic heterocycles. The van der Waals surface area contributed by atoms with Crippen molar-refractivity contribution >= 4 is 26.6 Å². The fourth-order valence-electron chi connectivity index (χ4n) is 0.285. The molecule has 0 saturated carbocycles. The Morgan fingerprint density at radius 3 is 2.71 bits per heavy atom. The number of carbonyl (C=O) groups excluding carboxylic acids is 1. The van der Waals surface area contributed by atoms with Crippen molar-refractivity contribution in [3.05, 3.63) is 0 Å². The van der Waals surface area contributed by atoms with Crippen LogP contribution in [0.3, 0.4) is 0 Å². The monoisotopic (exact) mass is 163 g/mol. The van der Waals surface area contributed by atoms with Gasteiger partial charge in [0, 0.05) is 0 Å². The number of nitrogens with zero attached hydrogens (tertiary/aromatic N) is 1. The van der Waals surface area contributed by atoms with Crippen LogP contribution in [-0.4, -0.2) is 17.3 Å². The predicted molar refractivity (Wildman–Crippen MR) is 27.7 cm³/mol. The van der Waals surface area contributed by atoms with E-state index in [1.165, 1.54) is 0 Å². The third-order valence-corrected chi connectivity index (χ3v) is 0.934. The lowest BCUT2D eigenvalue weighted by atomic mass is 10.8. The van der Waals surface area contributed by atoms with E-state index in [-0.39, 0.29) is 0 Å². The maximum Gasteiger partial charge on any atom is 0.434 e. The fraction of sp³-hybridized carbons (Fsp3) is 0.333. The van der Waals surface area contributed by atoms with Gasteiger partial charge in [0.2, 0.25) is 0 Å². The van der Waals surface area contributed by atoms with Crippen LogP contribution in [0.1, 0.15) is 0 Å². The van der Waals surface area contributed by atoms with Gasteiger partial charge in [-0.1, -0.05) is 0 Å². The van der Waals surface area contributed by atoms with Crippen LogP contribution >= 0.6 is 15.9 Å². The topological polar surface area (TPSA) is 38.7 Å². The number of aliphatic imine (C=N–C) groups is 1. The first-order valence-electron chi connectivity index (χ1n) is 1.69. The van der Waals surface area contributed by atoms with Crippen LogP contribution in [0.2, 0.25) is 0 Å². The minimum absolute atomic E-state index is 0.291. The van der Waals surface area contributed by atoms with Crippen molar-refractivity contribution in [2.75, 3.05) is 6.61 Å². The highest BCUT2D eigenvalue weighted by Crippen LogP contribution is 2.01. The molecule has 0 fully saturated rings. The van der Waals surface area contributed by atoms with Crippen molar-refractivity contribution in [2.24, 2.45) is 4.99 Å². The van der Waals surface area contributed by atoms with Gasteiger partial charge in [-0.2, -0.15) is 4.99 Å². The Morgan fingerprint density at radius 2 is 2.57 bits per heavy atom. The first kappa shape index (κ1) is 4.77. The molecule has 1 amide bonds. The van der Waals surface area contributed by atoms with E-state index >= 15 is 0 Å². The van der Waals surface area contributed by atoms with Crippen molar-refractivity contribution in [1.82, 2.24) is 0 Å². The average molecular weight is 164 g/mol. The summed E-state index contributed by atoms with van der Waals surface area (Å²) in [5.41, 5.74) is 0. The molecule has 0 N–H and O–H groups in total. The number of amides is 1. The molecular weight excluding hydrogens is 162 g/mol. The molecule has 7 heavy (non-hydrogen) atoms. The maximum absolute atomic E-state index is 10.0. The normalized spacial score (nSPS) is 19.0. The molecule has 0 atom stereocenters. The van der Waals surface area contributed by atoms with Gasteiger partial charge in [0.15, 0.2) is 0 Å². The summed E-state index contributed by atoms with van der Waals surface area (Å²) in [5.74, 6) is 0. The molecule has 0 spiro atoms. The Bertz CT molecular complexity index is 131. The lowest BCUT2D eigenvalue weighted by molar-refractivity contribution is 0.181. The minimum atomic E-state index is -0.508. The van der Waals surface area contributed by atoms with Gasteiger partial charge in [-0.25, -0.2) is 4.79 Å². The van der Waals surface area contributed by atoms with Crippen molar-refractivity contribution in [3.63, 3.8) is 0 Å². The lowest BCUT2D eigenvalue weighted by Gasteiger charge is -1.80. The SMILES string of the molecule is O=C1N=C(Br)CO1. The molecule has 3 nitrogen and oxygen atoms in total. The van der Waals surface area contributed by atoms with Gasteiger partial charge in [-0.3, -0.25) is 0 Å². The molecule has 0 unspecified atom stereocenters. The van der Waals surface area contributed by atoms with Crippen LogP contribution in [0.25, 0.3) is 0 Å². The zero-order valence-electron chi connectivity index (χ0n) is 3.35. The summed E-state index contributed by atoms with van der Waals surface area (Å²) in [4.78, 5) is 13.4. The van der Waals surface area contributed by atoms with Crippen LogP contribution < -0.4 is 0 Å². The standard InChI is InChI=1S/C3H2BrNO2/c4-2-1-7-3(6)5-2/h1H2. The molecule has 1 aliphatic heterocycles. The molecule has 38 valence electrons. The highest BCUT2D eigenvalue weighted by molar-refractivity contribution is 9.18. The summed E-state index contributed by atoms with van der Waals surface area (Å²) >= 11 is 2.98. The Kier molecular flexibility index (Phi) is 1.10. The maximum atomic E-state index is 10.0. The minimum Gasteiger partial charge on any atom is -0.441 e. The number of ether oxygens (including phenoxy) is 1. The highest BCUT2D eigenvalue weighted by Gasteiger charge is 2.10. The van der Waals surface area contributed by atoms with Crippen molar-refractivity contribution < 1.29 is 9.53 Å². The summed E-state index contributed by atoms with van der Waals surface area (Å²) < 4.78 is 4.94. The Labute approximate surface area is 48.5 Å². The van der Waals surface area contributed by atoms with Gasteiger partial charge in [-0.15, -0.1) is 0 Å². The first-order valence-corrected chi connectivity index (χ1v) is 2.48. The van der Waals surface area contributed by atoms with E-state index in [2.05, 4.69) is 25.7 Å². The highest BCUT2D eigenvalue weighted by atomic mass is 79.9. The van der Waals surface area contributed by atoms with Crippen LogP contribution in [0, 0.1) is 0 Å². The molecule has 1 aliphatic rings. The summed E-state index contributed by atoms with van der Waals surface area (Å²) in [7, 11) is 0. The number of cyclic esters (lactones) is 1. The third kappa shape index (κ3) is 0.991. The van der Waals surface area contributed by atoms with Gasteiger partial charge in [0.25, 0.3) is 0 Å². The quantitative estimate of drug-likeness (QED) is 0.534. The van der Waals surface area contributed by atoms with Crippen LogP contribution in [0.4, 0.5) is 4.79 Å². The fourth-order valence-corrected chi connectivity index (χ4v) is 0.544. The Balaban J connectivity index is 2.67. The van der Waals surface area contributed by atoms with E-state index in [9.17, 15) is 4.79 Å². The molecular formula is C3H2BrNO2. The second kappa shape index (κ2) is 1.61. The summed E-state index contributed by atoms with van der Waals surface area (Å²) in [6, 6.07) is 0. The zero-order valence-corrected chi connectivity index (χ0v) is 4.93. The lowest BCUT2D eigenvalue weighted by Crippen LogP contribution is -1.90. The number of halogens is 1. The van der Waals surface area contributed by atoms with E-state index in [0.29, 0.717) is 11.2 Å². The van der Waals surface area contributed by atoms with E-state index < -0.39 is 6.09 Å². The molecule has 0 radical (unpaired) electrons. The first-order chi connectivity index (χ1) is 3.29. The molecule has 0 saturated heterocycles.